The van der Waals surface area contributed by atoms with Gasteiger partial charge in [0.25, 0.3) is 0 Å². The fourth-order valence-electron chi connectivity index (χ4n) is 1.28. The van der Waals surface area contributed by atoms with Crippen molar-refractivity contribution in [3.8, 4) is 17.9 Å². The number of ketones is 1. The van der Waals surface area contributed by atoms with E-state index in [4.69, 9.17) is 15.3 Å². The number of benzene rings is 1. The van der Waals surface area contributed by atoms with Crippen LogP contribution in [-0.2, 0) is 0 Å². The van der Waals surface area contributed by atoms with Crippen molar-refractivity contribution in [2.75, 3.05) is 12.4 Å². The van der Waals surface area contributed by atoms with Crippen molar-refractivity contribution in [3.63, 3.8) is 0 Å². The number of carbonyl (C=O) groups is 1. The SMILES string of the molecule is COc1ccc(C(C)=O)cc1NC=C(C#N)C#N. The number of hydrogen-bond donors (Lipinski definition) is 1. The number of nitrogens with one attached hydrogen (secondary N) is 1. The van der Waals surface area contributed by atoms with Gasteiger partial charge < -0.3 is 10.1 Å². The first-order valence-electron chi connectivity index (χ1n) is 5.08. The second kappa shape index (κ2) is 6.07. The van der Waals surface area contributed by atoms with Gasteiger partial charge in [0, 0.05) is 11.8 Å². The van der Waals surface area contributed by atoms with Gasteiger partial charge in [-0.2, -0.15) is 10.5 Å². The van der Waals surface area contributed by atoms with Gasteiger partial charge in [0.15, 0.2) is 5.78 Å². The Kier molecular flexibility index (Phi) is 4.48. The molecule has 0 aliphatic carbocycles. The van der Waals surface area contributed by atoms with Crippen molar-refractivity contribution in [1.82, 2.24) is 0 Å². The Morgan fingerprint density at radius 2 is 2.06 bits per heavy atom. The maximum absolute atomic E-state index is 11.3. The molecular formula is C13H11N3O2. The number of ether oxygens (including phenoxy) is 1. The topological polar surface area (TPSA) is 85.9 Å². The van der Waals surface area contributed by atoms with Crippen LogP contribution in [0.15, 0.2) is 30.0 Å². The summed E-state index contributed by atoms with van der Waals surface area (Å²) < 4.78 is 5.11. The minimum absolute atomic E-state index is 0.0646. The number of Topliss-reactive ketones (excluding diaryl/α,β-unsaturated/α-hetero) is 1. The first kappa shape index (κ1) is 13.3. The van der Waals surface area contributed by atoms with Crippen LogP contribution in [-0.4, -0.2) is 12.9 Å². The zero-order valence-electron chi connectivity index (χ0n) is 10.0. The molecule has 0 fully saturated rings. The van der Waals surface area contributed by atoms with Gasteiger partial charge >= 0.3 is 0 Å². The normalized spacial score (nSPS) is 8.67. The van der Waals surface area contributed by atoms with Crippen molar-refractivity contribution in [3.05, 3.63) is 35.5 Å². The summed E-state index contributed by atoms with van der Waals surface area (Å²) in [6, 6.07) is 8.34. The van der Waals surface area contributed by atoms with Crippen LogP contribution < -0.4 is 10.1 Å². The minimum atomic E-state index is -0.0783. The maximum atomic E-state index is 11.3. The molecule has 5 nitrogen and oxygen atoms in total. The van der Waals surface area contributed by atoms with Crippen LogP contribution >= 0.6 is 0 Å². The van der Waals surface area contributed by atoms with Crippen LogP contribution in [0.4, 0.5) is 5.69 Å². The van der Waals surface area contributed by atoms with Gasteiger partial charge in [-0.1, -0.05) is 0 Å². The number of hydrogen-bond acceptors (Lipinski definition) is 5. The molecule has 5 heteroatoms. The van der Waals surface area contributed by atoms with E-state index >= 15 is 0 Å². The van der Waals surface area contributed by atoms with Crippen LogP contribution in [0.3, 0.4) is 0 Å². The van der Waals surface area contributed by atoms with Gasteiger partial charge in [-0.3, -0.25) is 4.79 Å². The third kappa shape index (κ3) is 3.10. The summed E-state index contributed by atoms with van der Waals surface area (Å²) in [5, 5.41) is 20.0. The molecule has 0 aliphatic heterocycles. The van der Waals surface area contributed by atoms with E-state index in [1.54, 1.807) is 30.3 Å². The predicted molar refractivity (Wildman–Crippen MR) is 65.9 cm³/mol. The maximum Gasteiger partial charge on any atom is 0.159 e. The summed E-state index contributed by atoms with van der Waals surface area (Å²) in [6.45, 7) is 1.46. The van der Waals surface area contributed by atoms with E-state index in [1.807, 2.05) is 0 Å². The molecule has 0 saturated carbocycles. The van der Waals surface area contributed by atoms with Gasteiger partial charge in [-0.25, -0.2) is 0 Å². The molecule has 0 bridgehead atoms. The Morgan fingerprint density at radius 1 is 1.39 bits per heavy atom. The highest BCUT2D eigenvalue weighted by molar-refractivity contribution is 5.95. The molecule has 0 saturated heterocycles. The van der Waals surface area contributed by atoms with E-state index in [-0.39, 0.29) is 11.4 Å². The Labute approximate surface area is 105 Å². The van der Waals surface area contributed by atoms with Gasteiger partial charge in [-0.05, 0) is 25.1 Å². The monoisotopic (exact) mass is 241 g/mol. The van der Waals surface area contributed by atoms with Gasteiger partial charge in [0.05, 0.1) is 12.8 Å². The Morgan fingerprint density at radius 3 is 2.56 bits per heavy atom. The molecule has 0 atom stereocenters. The number of carbonyl (C=O) groups excluding carboxylic acids is 1. The van der Waals surface area contributed by atoms with E-state index in [0.717, 1.165) is 0 Å². The first-order chi connectivity index (χ1) is 8.62. The number of nitriles is 2. The minimum Gasteiger partial charge on any atom is -0.495 e. The van der Waals surface area contributed by atoms with E-state index in [9.17, 15) is 4.79 Å². The molecule has 1 aromatic carbocycles. The molecule has 1 aromatic rings. The van der Waals surface area contributed by atoms with Crippen molar-refractivity contribution in [2.45, 2.75) is 6.92 Å². The lowest BCUT2D eigenvalue weighted by molar-refractivity contribution is 0.101. The van der Waals surface area contributed by atoms with Gasteiger partial charge in [0.1, 0.15) is 23.5 Å². The lowest BCUT2D eigenvalue weighted by Gasteiger charge is -2.09. The van der Waals surface area contributed by atoms with Gasteiger partial charge in [-0.15, -0.1) is 0 Å². The molecule has 0 aliphatic rings. The highest BCUT2D eigenvalue weighted by Gasteiger charge is 2.06. The fourth-order valence-corrected chi connectivity index (χ4v) is 1.28. The molecule has 0 unspecified atom stereocenters. The van der Waals surface area contributed by atoms with E-state index < -0.39 is 0 Å². The number of allylic oxidation sites excluding steroid dienone is 1. The lowest BCUT2D eigenvalue weighted by Crippen LogP contribution is -1.98. The highest BCUT2D eigenvalue weighted by atomic mass is 16.5. The summed E-state index contributed by atoms with van der Waals surface area (Å²) >= 11 is 0. The first-order valence-corrected chi connectivity index (χ1v) is 5.08. The van der Waals surface area contributed by atoms with Gasteiger partial charge in [0.2, 0.25) is 0 Å². The van der Waals surface area contributed by atoms with Crippen molar-refractivity contribution in [1.29, 1.82) is 10.5 Å². The smallest absolute Gasteiger partial charge is 0.159 e. The van der Waals surface area contributed by atoms with E-state index in [2.05, 4.69) is 5.32 Å². The van der Waals surface area contributed by atoms with E-state index in [1.165, 1.54) is 20.2 Å². The third-order valence-electron chi connectivity index (χ3n) is 2.22. The average molecular weight is 241 g/mol. The summed E-state index contributed by atoms with van der Waals surface area (Å²) in [5.41, 5.74) is 0.973. The second-order valence-electron chi connectivity index (χ2n) is 3.40. The van der Waals surface area contributed by atoms with Crippen LogP contribution in [0.1, 0.15) is 17.3 Å². The Hall–Kier alpha value is -2.79. The number of nitrogens with zero attached hydrogens (tertiary/aromatic N) is 2. The number of rotatable bonds is 4. The summed E-state index contributed by atoms with van der Waals surface area (Å²) in [6.07, 6.45) is 1.27. The van der Waals surface area contributed by atoms with Crippen LogP contribution in [0.5, 0.6) is 5.75 Å². The zero-order valence-corrected chi connectivity index (χ0v) is 10.0. The average Bonchev–Trinajstić information content (AvgIpc) is 2.39. The summed E-state index contributed by atoms with van der Waals surface area (Å²) in [7, 11) is 1.49. The largest absolute Gasteiger partial charge is 0.495 e. The second-order valence-corrected chi connectivity index (χ2v) is 3.40. The summed E-state index contributed by atoms with van der Waals surface area (Å²) in [4.78, 5) is 11.3. The molecular weight excluding hydrogens is 230 g/mol. The number of anilines is 1. The van der Waals surface area contributed by atoms with Crippen LogP contribution in [0, 0.1) is 22.7 Å². The predicted octanol–water partition coefficient (Wildman–Crippen LogP) is 2.24. The van der Waals surface area contributed by atoms with Crippen LogP contribution in [0.2, 0.25) is 0 Å². The van der Waals surface area contributed by atoms with Crippen molar-refractivity contribution < 1.29 is 9.53 Å². The summed E-state index contributed by atoms with van der Waals surface area (Å²) in [5.74, 6) is 0.442. The quantitative estimate of drug-likeness (QED) is 0.645. The molecule has 0 radical (unpaired) electrons. The van der Waals surface area contributed by atoms with E-state index in [0.29, 0.717) is 17.0 Å². The Bertz CT molecular complexity index is 561. The molecule has 90 valence electrons. The van der Waals surface area contributed by atoms with Crippen molar-refractivity contribution >= 4 is 11.5 Å². The molecule has 1 N–H and O–H groups in total. The molecule has 0 spiro atoms. The fraction of sp³-hybridized carbons (Fsp3) is 0.154. The zero-order chi connectivity index (χ0) is 13.5. The molecule has 0 amide bonds. The molecule has 18 heavy (non-hydrogen) atoms. The highest BCUT2D eigenvalue weighted by Crippen LogP contribution is 2.25. The molecule has 0 heterocycles. The molecule has 0 aromatic heterocycles. The number of methoxy groups -OCH3 is 1. The standard InChI is InChI=1S/C13H11N3O2/c1-9(17)11-3-4-13(18-2)12(5-11)16-8-10(6-14)7-15/h3-5,8,16H,1-2H3. The Balaban J connectivity index is 3.11. The lowest BCUT2D eigenvalue weighted by atomic mass is 10.1. The van der Waals surface area contributed by atoms with Crippen molar-refractivity contribution in [2.24, 2.45) is 0 Å². The van der Waals surface area contributed by atoms with Crippen LogP contribution in [0.25, 0.3) is 0 Å². The third-order valence-corrected chi connectivity index (χ3v) is 2.22. The molecule has 1 rings (SSSR count).